The second-order valence-electron chi connectivity index (χ2n) is 7.85. The van der Waals surface area contributed by atoms with E-state index in [0.717, 1.165) is 30.5 Å². The summed E-state index contributed by atoms with van der Waals surface area (Å²) in [6, 6.07) is 5.02. The zero-order valence-electron chi connectivity index (χ0n) is 16.7. The maximum absolute atomic E-state index is 12.6. The molecule has 28 heavy (non-hydrogen) atoms. The van der Waals surface area contributed by atoms with Gasteiger partial charge < -0.3 is 10.2 Å². The maximum atomic E-state index is 12.6. The van der Waals surface area contributed by atoms with Gasteiger partial charge in [-0.1, -0.05) is 6.92 Å². The van der Waals surface area contributed by atoms with E-state index in [-0.39, 0.29) is 47.7 Å². The van der Waals surface area contributed by atoms with Crippen molar-refractivity contribution in [1.29, 1.82) is 0 Å². The third-order valence-electron chi connectivity index (χ3n) is 5.40. The van der Waals surface area contributed by atoms with Crippen molar-refractivity contribution in [2.75, 3.05) is 11.4 Å². The van der Waals surface area contributed by atoms with E-state index in [1.807, 2.05) is 25.7 Å². The molecule has 1 heterocycles. The van der Waals surface area contributed by atoms with Crippen molar-refractivity contribution in [2.24, 2.45) is 5.92 Å². The van der Waals surface area contributed by atoms with E-state index in [2.05, 4.69) is 10.0 Å². The largest absolute Gasteiger partial charge is 0.354 e. The number of sulfonamides is 1. The smallest absolute Gasteiger partial charge is 0.240 e. The van der Waals surface area contributed by atoms with Gasteiger partial charge in [0.25, 0.3) is 0 Å². The highest BCUT2D eigenvalue weighted by Gasteiger charge is 2.39. The molecule has 3 rings (SSSR count). The van der Waals surface area contributed by atoms with Gasteiger partial charge in [0.1, 0.15) is 0 Å². The van der Waals surface area contributed by atoms with Crippen molar-refractivity contribution in [3.63, 3.8) is 0 Å². The normalized spacial score (nSPS) is 20.0. The number of carbonyl (C=O) groups is 2. The second-order valence-corrected chi connectivity index (χ2v) is 9.62. The molecule has 0 bridgehead atoms. The number of fused-ring (bicyclic) bond motifs is 1. The van der Waals surface area contributed by atoms with Gasteiger partial charge in [-0.3, -0.25) is 9.59 Å². The molecular weight excluding hydrogens is 378 g/mol. The molecule has 2 atom stereocenters. The summed E-state index contributed by atoms with van der Waals surface area (Å²) < 4.78 is 27.7. The van der Waals surface area contributed by atoms with Crippen molar-refractivity contribution in [3.8, 4) is 0 Å². The van der Waals surface area contributed by atoms with Gasteiger partial charge in [-0.15, -0.1) is 0 Å². The average Bonchev–Trinajstić information content (AvgIpc) is 3.42. The van der Waals surface area contributed by atoms with Crippen LogP contribution in [0.3, 0.4) is 0 Å². The van der Waals surface area contributed by atoms with Crippen LogP contribution in [0.1, 0.15) is 52.0 Å². The van der Waals surface area contributed by atoms with Crippen LogP contribution < -0.4 is 14.9 Å². The Kier molecular flexibility index (Phi) is 6.09. The first kappa shape index (κ1) is 20.8. The molecule has 1 saturated carbocycles. The molecule has 0 spiro atoms. The molecule has 0 aromatic heterocycles. The van der Waals surface area contributed by atoms with E-state index in [1.54, 1.807) is 12.1 Å². The van der Waals surface area contributed by atoms with E-state index < -0.39 is 10.0 Å². The number of carbonyl (C=O) groups excluding carboxylic acids is 2. The molecule has 1 aliphatic carbocycles. The van der Waals surface area contributed by atoms with E-state index in [4.69, 9.17) is 0 Å². The number of hydrogen-bond acceptors (Lipinski definition) is 4. The van der Waals surface area contributed by atoms with E-state index >= 15 is 0 Å². The zero-order chi connectivity index (χ0) is 20.5. The summed E-state index contributed by atoms with van der Waals surface area (Å²) in [6.45, 7) is 5.92. The third kappa shape index (κ3) is 4.55. The first-order chi connectivity index (χ1) is 13.2. The minimum atomic E-state index is -3.70. The van der Waals surface area contributed by atoms with E-state index in [9.17, 15) is 18.0 Å². The number of nitrogens with zero attached hydrogens (tertiary/aromatic N) is 1. The Morgan fingerprint density at radius 3 is 2.64 bits per heavy atom. The van der Waals surface area contributed by atoms with Crippen LogP contribution in [0, 0.1) is 5.92 Å². The summed E-state index contributed by atoms with van der Waals surface area (Å²) in [5.74, 6) is 0.0985. The Bertz CT molecular complexity index is 864. The lowest BCUT2D eigenvalue weighted by molar-refractivity contribution is -0.121. The first-order valence-corrected chi connectivity index (χ1v) is 11.5. The number of benzene rings is 1. The molecule has 8 heteroatoms. The molecule has 2 aliphatic rings. The molecule has 2 unspecified atom stereocenters. The number of rotatable bonds is 8. The molecule has 1 aromatic rings. The molecule has 154 valence electrons. The molecule has 2 N–H and O–H groups in total. The van der Waals surface area contributed by atoms with Crippen molar-refractivity contribution in [3.05, 3.63) is 23.8 Å². The predicted molar refractivity (Wildman–Crippen MR) is 108 cm³/mol. The topological polar surface area (TPSA) is 95.6 Å². The summed E-state index contributed by atoms with van der Waals surface area (Å²) in [6.07, 6.45) is 3.45. The summed E-state index contributed by atoms with van der Waals surface area (Å²) in [5, 5.41) is 2.81. The molecule has 1 fully saturated rings. The van der Waals surface area contributed by atoms with Gasteiger partial charge in [-0.25, -0.2) is 13.1 Å². The minimum Gasteiger partial charge on any atom is -0.354 e. The van der Waals surface area contributed by atoms with Crippen LogP contribution in [-0.2, 0) is 26.0 Å². The van der Waals surface area contributed by atoms with Gasteiger partial charge >= 0.3 is 0 Å². The predicted octanol–water partition coefficient (Wildman–Crippen LogP) is 1.96. The lowest BCUT2D eigenvalue weighted by Gasteiger charge is -2.22. The average molecular weight is 408 g/mol. The van der Waals surface area contributed by atoms with Crippen LogP contribution in [-0.4, -0.2) is 38.9 Å². The Hall–Kier alpha value is -1.93. The number of anilines is 1. The Labute approximate surface area is 166 Å². The van der Waals surface area contributed by atoms with Crippen molar-refractivity contribution >= 4 is 27.5 Å². The summed E-state index contributed by atoms with van der Waals surface area (Å²) in [4.78, 5) is 26.3. The fraction of sp³-hybridized carbons (Fsp3) is 0.600. The van der Waals surface area contributed by atoms with Gasteiger partial charge in [0.05, 0.1) is 4.90 Å². The van der Waals surface area contributed by atoms with Crippen LogP contribution in [0.25, 0.3) is 0 Å². The molecular formula is C20H29N3O4S. The van der Waals surface area contributed by atoms with Gasteiger partial charge in [-0.05, 0) is 63.3 Å². The zero-order valence-corrected chi connectivity index (χ0v) is 17.5. The molecule has 1 aliphatic heterocycles. The highest BCUT2D eigenvalue weighted by atomic mass is 32.2. The minimum absolute atomic E-state index is 0.0401. The SMILES string of the molecule is CCC(C)NC(=O)CCNS(=O)(=O)c1ccc2c(c1)CC(C)N2C(=O)C1CC1. The fourth-order valence-corrected chi connectivity index (χ4v) is 4.55. The molecule has 0 radical (unpaired) electrons. The monoisotopic (exact) mass is 407 g/mol. The van der Waals surface area contributed by atoms with E-state index in [1.165, 1.54) is 6.07 Å². The Morgan fingerprint density at radius 2 is 2.00 bits per heavy atom. The first-order valence-electron chi connectivity index (χ1n) is 9.98. The van der Waals surface area contributed by atoms with Crippen molar-refractivity contribution in [1.82, 2.24) is 10.0 Å². The van der Waals surface area contributed by atoms with Gasteiger partial charge in [-0.2, -0.15) is 0 Å². The van der Waals surface area contributed by atoms with Crippen LogP contribution in [0.2, 0.25) is 0 Å². The molecule has 0 saturated heterocycles. The lowest BCUT2D eigenvalue weighted by atomic mass is 10.1. The number of hydrogen-bond donors (Lipinski definition) is 2. The summed E-state index contributed by atoms with van der Waals surface area (Å²) in [5.41, 5.74) is 1.69. The third-order valence-corrected chi connectivity index (χ3v) is 6.86. The van der Waals surface area contributed by atoms with Gasteiger partial charge in [0, 0.05) is 36.7 Å². The fourth-order valence-electron chi connectivity index (χ4n) is 3.47. The Morgan fingerprint density at radius 1 is 1.29 bits per heavy atom. The Balaban J connectivity index is 1.65. The highest BCUT2D eigenvalue weighted by molar-refractivity contribution is 7.89. The second kappa shape index (κ2) is 8.21. The highest BCUT2D eigenvalue weighted by Crippen LogP contribution is 2.39. The van der Waals surface area contributed by atoms with Crippen LogP contribution >= 0.6 is 0 Å². The van der Waals surface area contributed by atoms with Crippen molar-refractivity contribution < 1.29 is 18.0 Å². The van der Waals surface area contributed by atoms with Crippen LogP contribution in [0.5, 0.6) is 0 Å². The van der Waals surface area contributed by atoms with Crippen molar-refractivity contribution in [2.45, 2.75) is 69.9 Å². The number of nitrogens with one attached hydrogen (secondary N) is 2. The summed E-state index contributed by atoms with van der Waals surface area (Å²) >= 11 is 0. The van der Waals surface area contributed by atoms with Gasteiger partial charge in [0.2, 0.25) is 21.8 Å². The lowest BCUT2D eigenvalue weighted by Crippen LogP contribution is -2.36. The molecule has 1 aromatic carbocycles. The standard InChI is InChI=1S/C20H29N3O4S/c1-4-13(2)22-19(24)9-10-21-28(26,27)17-7-8-18-16(12-17)11-14(3)23(18)20(25)15-5-6-15/h7-8,12-15,21H,4-6,9-11H2,1-3H3,(H,22,24). The summed E-state index contributed by atoms with van der Waals surface area (Å²) in [7, 11) is -3.70. The number of amides is 2. The quantitative estimate of drug-likeness (QED) is 0.689. The van der Waals surface area contributed by atoms with Gasteiger partial charge in [0.15, 0.2) is 0 Å². The molecule has 2 amide bonds. The maximum Gasteiger partial charge on any atom is 0.240 e. The van der Waals surface area contributed by atoms with Crippen LogP contribution in [0.15, 0.2) is 23.1 Å². The van der Waals surface area contributed by atoms with E-state index in [0.29, 0.717) is 6.42 Å². The van der Waals surface area contributed by atoms with Crippen LogP contribution in [0.4, 0.5) is 5.69 Å². The molecule has 7 nitrogen and oxygen atoms in total.